The van der Waals surface area contributed by atoms with E-state index in [1.807, 2.05) is 6.07 Å². The van der Waals surface area contributed by atoms with E-state index in [9.17, 15) is 0 Å². The summed E-state index contributed by atoms with van der Waals surface area (Å²) in [5.74, 6) is 0. The Hall–Kier alpha value is -0.830. The van der Waals surface area contributed by atoms with Gasteiger partial charge in [-0.05, 0) is 26.7 Å². The fourth-order valence-electron chi connectivity index (χ4n) is 1.96. The molecule has 1 aliphatic heterocycles. The van der Waals surface area contributed by atoms with Gasteiger partial charge in [-0.2, -0.15) is 5.26 Å². The first-order valence-corrected chi connectivity index (χ1v) is 6.66. The first-order chi connectivity index (χ1) is 8.00. The van der Waals surface area contributed by atoms with Gasteiger partial charge in [0.25, 0.3) is 0 Å². The van der Waals surface area contributed by atoms with Crippen LogP contribution in [0.3, 0.4) is 0 Å². The number of aromatic nitrogens is 1. The lowest BCUT2D eigenvalue weighted by atomic mass is 9.94. The van der Waals surface area contributed by atoms with Crippen LogP contribution in [0, 0.1) is 11.3 Å². The third-order valence-electron chi connectivity index (χ3n) is 2.71. The molecular formula is C11H14ClN3OS. The molecule has 0 amide bonds. The van der Waals surface area contributed by atoms with Crippen LogP contribution in [0.2, 0.25) is 5.15 Å². The number of anilines is 1. The normalized spacial score (nSPS) is 23.1. The molecule has 1 unspecified atom stereocenters. The van der Waals surface area contributed by atoms with E-state index in [4.69, 9.17) is 21.6 Å². The van der Waals surface area contributed by atoms with Crippen LogP contribution in [0.4, 0.5) is 5.13 Å². The van der Waals surface area contributed by atoms with Gasteiger partial charge in [0, 0.05) is 12.6 Å². The van der Waals surface area contributed by atoms with E-state index in [0.717, 1.165) is 19.4 Å². The second kappa shape index (κ2) is 4.81. The van der Waals surface area contributed by atoms with E-state index in [0.29, 0.717) is 16.1 Å². The van der Waals surface area contributed by atoms with Crippen molar-refractivity contribution in [2.24, 2.45) is 0 Å². The Balaban J connectivity index is 2.03. The van der Waals surface area contributed by atoms with Crippen molar-refractivity contribution >= 4 is 28.1 Å². The zero-order valence-electron chi connectivity index (χ0n) is 9.79. The second-order valence-corrected chi connectivity index (χ2v) is 6.05. The summed E-state index contributed by atoms with van der Waals surface area (Å²) >= 11 is 7.13. The lowest BCUT2D eigenvalue weighted by Gasteiger charge is -2.35. The van der Waals surface area contributed by atoms with Gasteiger partial charge in [0.15, 0.2) is 10.3 Å². The summed E-state index contributed by atoms with van der Waals surface area (Å²) in [5.41, 5.74) is -0.102. The zero-order valence-corrected chi connectivity index (χ0v) is 11.4. The monoisotopic (exact) mass is 271 g/mol. The number of nitrogens with zero attached hydrogens (tertiary/aromatic N) is 2. The van der Waals surface area contributed by atoms with E-state index in [1.54, 1.807) is 0 Å². The van der Waals surface area contributed by atoms with Crippen LogP contribution in [-0.2, 0) is 4.74 Å². The Morgan fingerprint density at radius 3 is 3.00 bits per heavy atom. The number of hydrogen-bond donors (Lipinski definition) is 1. The summed E-state index contributed by atoms with van der Waals surface area (Å²) in [6, 6.07) is 2.35. The summed E-state index contributed by atoms with van der Waals surface area (Å²) < 4.78 is 5.65. The molecule has 1 aromatic heterocycles. The predicted octanol–water partition coefficient (Wildman–Crippen LogP) is 3.04. The molecule has 1 atom stereocenters. The highest BCUT2D eigenvalue weighted by Gasteiger charge is 2.29. The maximum atomic E-state index is 8.81. The topological polar surface area (TPSA) is 57.9 Å². The van der Waals surface area contributed by atoms with E-state index in [1.165, 1.54) is 11.3 Å². The summed E-state index contributed by atoms with van der Waals surface area (Å²) in [6.07, 6.45) is 1.87. The molecule has 2 heterocycles. The lowest BCUT2D eigenvalue weighted by Crippen LogP contribution is -2.40. The number of halogens is 1. The number of nitrogens with one attached hydrogen (secondary N) is 1. The maximum absolute atomic E-state index is 8.81. The van der Waals surface area contributed by atoms with Crippen LogP contribution in [0.25, 0.3) is 0 Å². The van der Waals surface area contributed by atoms with E-state index in [-0.39, 0.29) is 10.8 Å². The number of thiazole rings is 1. The molecule has 1 aromatic rings. The average molecular weight is 272 g/mol. The van der Waals surface area contributed by atoms with Gasteiger partial charge in [0.05, 0.1) is 5.60 Å². The van der Waals surface area contributed by atoms with E-state index >= 15 is 0 Å². The molecule has 4 nitrogen and oxygen atoms in total. The van der Waals surface area contributed by atoms with Gasteiger partial charge in [0.1, 0.15) is 10.9 Å². The Morgan fingerprint density at radius 2 is 2.41 bits per heavy atom. The first-order valence-electron chi connectivity index (χ1n) is 5.47. The molecule has 2 rings (SSSR count). The van der Waals surface area contributed by atoms with Gasteiger partial charge in [-0.3, -0.25) is 0 Å². The molecule has 6 heteroatoms. The van der Waals surface area contributed by atoms with Gasteiger partial charge in [0.2, 0.25) is 0 Å². The summed E-state index contributed by atoms with van der Waals surface area (Å²) in [4.78, 5) is 4.59. The largest absolute Gasteiger partial charge is 0.375 e. The molecule has 92 valence electrons. The van der Waals surface area contributed by atoms with Crippen LogP contribution in [0.5, 0.6) is 0 Å². The van der Waals surface area contributed by atoms with Crippen molar-refractivity contribution in [2.75, 3.05) is 11.9 Å². The molecule has 1 saturated heterocycles. The minimum atomic E-state index is -0.102. The van der Waals surface area contributed by atoms with Crippen LogP contribution in [0.15, 0.2) is 0 Å². The van der Waals surface area contributed by atoms with Gasteiger partial charge < -0.3 is 10.1 Å². The van der Waals surface area contributed by atoms with E-state index in [2.05, 4.69) is 24.1 Å². The van der Waals surface area contributed by atoms with Crippen molar-refractivity contribution in [1.82, 2.24) is 4.98 Å². The van der Waals surface area contributed by atoms with Gasteiger partial charge in [-0.25, -0.2) is 4.98 Å². The molecular weight excluding hydrogens is 258 g/mol. The van der Waals surface area contributed by atoms with Crippen molar-refractivity contribution in [2.45, 2.75) is 38.3 Å². The average Bonchev–Trinajstić information content (AvgIpc) is 2.57. The summed E-state index contributed by atoms with van der Waals surface area (Å²) in [6.45, 7) is 4.90. The third kappa shape index (κ3) is 3.09. The highest BCUT2D eigenvalue weighted by atomic mass is 35.5. The third-order valence-corrected chi connectivity index (χ3v) is 3.99. The second-order valence-electron chi connectivity index (χ2n) is 4.69. The van der Waals surface area contributed by atoms with Crippen LogP contribution >= 0.6 is 22.9 Å². The number of nitriles is 1. The van der Waals surface area contributed by atoms with Crippen LogP contribution in [0.1, 0.15) is 31.6 Å². The Labute approximate surface area is 110 Å². The van der Waals surface area contributed by atoms with E-state index < -0.39 is 0 Å². The summed E-state index contributed by atoms with van der Waals surface area (Å²) in [5, 5.41) is 13.1. The molecule has 17 heavy (non-hydrogen) atoms. The highest BCUT2D eigenvalue weighted by Crippen LogP contribution is 2.30. The van der Waals surface area contributed by atoms with Gasteiger partial charge >= 0.3 is 0 Å². The molecule has 0 spiro atoms. The first kappa shape index (κ1) is 12.6. The van der Waals surface area contributed by atoms with Gasteiger partial charge in [-0.15, -0.1) is 0 Å². The molecule has 1 N–H and O–H groups in total. The molecule has 1 aliphatic rings. The molecule has 1 fully saturated rings. The van der Waals surface area contributed by atoms with Crippen molar-refractivity contribution < 1.29 is 4.74 Å². The highest BCUT2D eigenvalue weighted by molar-refractivity contribution is 7.16. The molecule has 0 saturated carbocycles. The smallest absolute Gasteiger partial charge is 0.185 e. The standard InChI is InChI=1S/C11H14ClN3OS/c1-11(2)5-7(3-4-16-11)14-10-15-9(12)8(6-13)17-10/h7H,3-5H2,1-2H3,(H,14,15). The van der Waals surface area contributed by atoms with Crippen LogP contribution < -0.4 is 5.32 Å². The maximum Gasteiger partial charge on any atom is 0.185 e. The van der Waals surface area contributed by atoms with Crippen molar-refractivity contribution in [1.29, 1.82) is 5.26 Å². The Kier molecular flexibility index (Phi) is 3.57. The van der Waals surface area contributed by atoms with Crippen molar-refractivity contribution in [3.05, 3.63) is 10.0 Å². The Bertz CT molecular complexity index is 452. The quantitative estimate of drug-likeness (QED) is 0.898. The number of ether oxygens (including phenoxy) is 1. The SMILES string of the molecule is CC1(C)CC(Nc2nc(Cl)c(C#N)s2)CCO1. The minimum absolute atomic E-state index is 0.102. The van der Waals surface area contributed by atoms with Crippen LogP contribution in [-0.4, -0.2) is 23.2 Å². The minimum Gasteiger partial charge on any atom is -0.375 e. The zero-order chi connectivity index (χ0) is 12.5. The number of rotatable bonds is 2. The fraction of sp³-hybridized carbons (Fsp3) is 0.636. The van der Waals surface area contributed by atoms with Gasteiger partial charge in [-0.1, -0.05) is 22.9 Å². The predicted molar refractivity (Wildman–Crippen MR) is 68.5 cm³/mol. The summed E-state index contributed by atoms with van der Waals surface area (Å²) in [7, 11) is 0. The number of hydrogen-bond acceptors (Lipinski definition) is 5. The fourth-order valence-corrected chi connectivity index (χ4v) is 2.99. The Morgan fingerprint density at radius 1 is 1.65 bits per heavy atom. The molecule has 0 aliphatic carbocycles. The molecule has 0 radical (unpaired) electrons. The van der Waals surface area contributed by atoms with Crippen molar-refractivity contribution in [3.63, 3.8) is 0 Å². The molecule has 0 bridgehead atoms. The lowest BCUT2D eigenvalue weighted by molar-refractivity contribution is -0.0553. The van der Waals surface area contributed by atoms with Crippen molar-refractivity contribution in [3.8, 4) is 6.07 Å². The molecule has 0 aromatic carbocycles.